The molecule has 0 aliphatic heterocycles. The number of aryl methyl sites for hydroxylation is 2. The Balaban J connectivity index is 0.000000160. The van der Waals surface area contributed by atoms with E-state index in [-0.39, 0.29) is 63.7 Å². The minimum atomic E-state index is -4.71. The number of aromatic nitrogens is 6. The van der Waals surface area contributed by atoms with Crippen LogP contribution >= 0.6 is 69.6 Å². The van der Waals surface area contributed by atoms with Crippen molar-refractivity contribution in [1.82, 2.24) is 29.9 Å². The third kappa shape index (κ3) is 26.1. The number of nitrogens with zero attached hydrogens (tertiary/aromatic N) is 6. The van der Waals surface area contributed by atoms with Crippen LogP contribution in [0.3, 0.4) is 0 Å². The lowest BCUT2D eigenvalue weighted by atomic mass is 10.0. The molecular weight excluding hydrogens is 1790 g/mol. The van der Waals surface area contributed by atoms with Crippen molar-refractivity contribution in [3.05, 3.63) is 337 Å². The van der Waals surface area contributed by atoms with Crippen molar-refractivity contribution in [2.24, 2.45) is 0 Å². The highest BCUT2D eigenvalue weighted by molar-refractivity contribution is 6.34. The van der Waals surface area contributed by atoms with Gasteiger partial charge in [0.05, 0.1) is 71.5 Å². The lowest BCUT2D eigenvalue weighted by molar-refractivity contribution is -0.139. The Kier molecular flexibility index (Phi) is 34.2. The Morgan fingerprint density at radius 3 is 0.961 bits per heavy atom. The zero-order valence-corrected chi connectivity index (χ0v) is 75.3. The van der Waals surface area contributed by atoms with E-state index in [0.29, 0.717) is 146 Å². The molecule has 15 rings (SSSR count). The number of methoxy groups -OCH3 is 7. The zero-order chi connectivity index (χ0) is 93.0. The second-order valence-corrected chi connectivity index (χ2v) is 31.6. The van der Waals surface area contributed by atoms with Crippen LogP contribution in [0.5, 0.6) is 46.8 Å². The van der Waals surface area contributed by atoms with E-state index >= 15 is 0 Å². The highest BCUT2D eigenvalue weighted by atomic mass is 35.5. The SMILES string of the molecule is CCc1ccc(C(=O)c2ccc(Cl)c(OC)n2)cc1Cl.COc1ccc(C(=O)c2ccc(C3CC3)c(OC)n2)cc1Cl.COc1nc(C(=O)c2ccc(C(F)(F)F)cc2)ccc1C(F)(F)F.COc1nc(C(=O)c2ccc(C)cc2)ccc1Cl.COc1nc(C(=O)c2ccc(Cl)cc2)ccc1C1CC1.COc1nc(C(=O)c2ccc(OC(C)C)c(Cl)c2)ccc1C1CC1. The Bertz CT molecular complexity index is 6020. The average Bonchev–Trinajstić information content (AvgIpc) is 1.75. The number of ketones is 6. The number of carbonyl (C=O) groups excluding carboxylic acids is 6. The summed E-state index contributed by atoms with van der Waals surface area (Å²) in [5, 5.41) is 2.75. The number of halogens is 12. The molecule has 128 heavy (non-hydrogen) atoms. The van der Waals surface area contributed by atoms with Crippen LogP contribution in [-0.4, -0.2) is 120 Å². The summed E-state index contributed by atoms with van der Waals surface area (Å²) in [4.78, 5) is 99.0. The van der Waals surface area contributed by atoms with Gasteiger partial charge >= 0.3 is 12.4 Å². The van der Waals surface area contributed by atoms with Crippen molar-refractivity contribution in [2.75, 3.05) is 49.8 Å². The molecule has 0 unspecified atom stereocenters. The van der Waals surface area contributed by atoms with E-state index in [1.807, 2.05) is 64.1 Å². The van der Waals surface area contributed by atoms with Crippen molar-refractivity contribution in [3.8, 4) is 46.8 Å². The quantitative estimate of drug-likeness (QED) is 0.0381. The van der Waals surface area contributed by atoms with Gasteiger partial charge in [0, 0.05) is 60.1 Å². The minimum Gasteiger partial charge on any atom is -0.495 e. The van der Waals surface area contributed by atoms with Gasteiger partial charge in [-0.3, -0.25) is 28.8 Å². The summed E-state index contributed by atoms with van der Waals surface area (Å²) >= 11 is 36.0. The molecule has 6 aromatic carbocycles. The minimum absolute atomic E-state index is 0.0185. The monoisotopic (exact) mass is 1870 g/mol. The summed E-state index contributed by atoms with van der Waals surface area (Å²) in [5.41, 5.74) is 7.03. The van der Waals surface area contributed by atoms with Gasteiger partial charge in [-0.05, 0) is 222 Å². The molecule has 6 aromatic heterocycles. The van der Waals surface area contributed by atoms with E-state index in [4.69, 9.17) is 103 Å². The number of ether oxygens (including phenoxy) is 8. The third-order valence-electron chi connectivity index (χ3n) is 19.6. The van der Waals surface area contributed by atoms with E-state index in [1.165, 1.54) is 34.2 Å². The number of pyridine rings is 6. The van der Waals surface area contributed by atoms with E-state index < -0.39 is 35.1 Å². The molecule has 666 valence electrons. The molecule has 0 saturated heterocycles. The normalized spacial score (nSPS) is 12.5. The summed E-state index contributed by atoms with van der Waals surface area (Å²) in [6.07, 6.45) is -1.49. The van der Waals surface area contributed by atoms with E-state index in [9.17, 15) is 55.1 Å². The van der Waals surface area contributed by atoms with Crippen LogP contribution in [0, 0.1) is 6.92 Å². The molecule has 32 heteroatoms. The molecule has 12 aromatic rings. The van der Waals surface area contributed by atoms with Gasteiger partial charge in [-0.1, -0.05) is 149 Å². The number of rotatable bonds is 25. The van der Waals surface area contributed by atoms with E-state index in [0.717, 1.165) is 85.2 Å². The van der Waals surface area contributed by atoms with Crippen molar-refractivity contribution < 1.29 is 93.0 Å². The van der Waals surface area contributed by atoms with Crippen LogP contribution in [0.15, 0.2) is 200 Å². The predicted molar refractivity (Wildman–Crippen MR) is 476 cm³/mol. The van der Waals surface area contributed by atoms with Crippen molar-refractivity contribution in [2.45, 2.75) is 109 Å². The molecule has 0 amide bonds. The van der Waals surface area contributed by atoms with Crippen molar-refractivity contribution >= 4 is 104 Å². The molecule has 6 heterocycles. The van der Waals surface area contributed by atoms with Crippen LogP contribution in [0.4, 0.5) is 26.3 Å². The second kappa shape index (κ2) is 44.6. The van der Waals surface area contributed by atoms with E-state index in [1.54, 1.807) is 149 Å². The zero-order valence-electron chi connectivity index (χ0n) is 70.7. The summed E-state index contributed by atoms with van der Waals surface area (Å²) in [7, 11) is 10.2. The van der Waals surface area contributed by atoms with Gasteiger partial charge in [0.2, 0.25) is 70.0 Å². The lowest BCUT2D eigenvalue weighted by Gasteiger charge is -2.12. The van der Waals surface area contributed by atoms with E-state index in [2.05, 4.69) is 34.6 Å². The fraction of sp³-hybridized carbons (Fsp3) is 0.250. The first kappa shape index (κ1) is 98.1. The number of benzene rings is 6. The largest absolute Gasteiger partial charge is 0.495 e. The topological polar surface area (TPSA) is 254 Å². The summed E-state index contributed by atoms with van der Waals surface area (Å²) in [5.74, 6) is 2.31. The molecule has 3 saturated carbocycles. The van der Waals surface area contributed by atoms with Crippen LogP contribution in [0.2, 0.25) is 30.1 Å². The number of hydrogen-bond donors (Lipinski definition) is 0. The molecule has 0 N–H and O–H groups in total. The van der Waals surface area contributed by atoms with Gasteiger partial charge in [-0.25, -0.2) is 29.9 Å². The van der Waals surface area contributed by atoms with Gasteiger partial charge in [0.1, 0.15) is 61.3 Å². The molecule has 0 radical (unpaired) electrons. The Morgan fingerprint density at radius 2 is 0.641 bits per heavy atom. The third-order valence-corrected chi connectivity index (χ3v) is 21.4. The maximum absolute atomic E-state index is 12.7. The molecule has 0 bridgehead atoms. The summed E-state index contributed by atoms with van der Waals surface area (Å²) in [6.45, 7) is 7.83. The molecule has 0 spiro atoms. The standard InChI is InChI=1S/C19H20ClNO3.C17H16ClNO3.C16H14ClNO2.C15H13Cl2NO2.C15H9F6NO2.C14H12ClNO2/c1-11(2)24-17-9-6-13(10-15(17)20)18(22)16-8-7-14(12-4-5-12)19(21-16)23-3;1-21-15-8-5-11(9-13(15)18)16(20)14-7-6-12(10-3-4-10)17(19-14)22-2;1-20-16-13(10-2-3-10)8-9-14(18-16)15(19)11-4-6-12(17)7-5-11;1-3-9-4-5-10(8-12(9)17)14(19)13-7-6-11(16)15(18-13)20-2;1-24-13-10(15(19,20)21)6-7-11(22-13)12(23)8-2-4-9(5-3-8)14(16,17)18;1-9-3-5-10(6-4-9)13(17)12-8-7-11(15)14(16-12)18-2/h6-12H,4-5H2,1-3H3;5-10H,3-4H2,1-2H3;4-10H,2-3H2,1H3;4-8H,3H2,1-2H3;2-7H,1H3;3-8H,1-2H3. The van der Waals surface area contributed by atoms with Crippen LogP contribution in [0.1, 0.15) is 212 Å². The lowest BCUT2D eigenvalue weighted by Crippen LogP contribution is -2.12. The van der Waals surface area contributed by atoms with Crippen LogP contribution < -0.4 is 37.9 Å². The maximum Gasteiger partial charge on any atom is 0.421 e. The van der Waals surface area contributed by atoms with Crippen molar-refractivity contribution in [3.63, 3.8) is 0 Å². The molecular formula is C96H84Cl6F6N6O14. The smallest absolute Gasteiger partial charge is 0.421 e. The summed E-state index contributed by atoms with van der Waals surface area (Å²) in [6, 6.07) is 51.5. The van der Waals surface area contributed by atoms with Crippen molar-refractivity contribution in [1.29, 1.82) is 0 Å². The highest BCUT2D eigenvalue weighted by Gasteiger charge is 2.37. The molecule has 3 aliphatic carbocycles. The molecule has 3 fully saturated rings. The predicted octanol–water partition coefficient (Wildman–Crippen LogP) is 24.2. The van der Waals surface area contributed by atoms with Gasteiger partial charge in [0.25, 0.3) is 0 Å². The fourth-order valence-corrected chi connectivity index (χ4v) is 13.7. The molecule has 0 atom stereocenters. The highest BCUT2D eigenvalue weighted by Crippen LogP contribution is 2.47. The first-order valence-electron chi connectivity index (χ1n) is 39.6. The first-order chi connectivity index (χ1) is 61.0. The summed E-state index contributed by atoms with van der Waals surface area (Å²) < 4.78 is 117. The van der Waals surface area contributed by atoms with Gasteiger partial charge in [-0.15, -0.1) is 0 Å². The Labute approximate surface area is 764 Å². The Morgan fingerprint density at radius 1 is 0.336 bits per heavy atom. The van der Waals surface area contributed by atoms with Gasteiger partial charge in [-0.2, -0.15) is 26.3 Å². The Hall–Kier alpha value is -12.0. The number of carbonyl (C=O) groups is 6. The van der Waals surface area contributed by atoms with Gasteiger partial charge < -0.3 is 37.9 Å². The average molecular weight is 1870 g/mol. The fourth-order valence-electron chi connectivity index (χ4n) is 12.4. The number of alkyl halides is 6. The first-order valence-corrected chi connectivity index (χ1v) is 41.8. The molecule has 3 aliphatic rings. The second-order valence-electron chi connectivity index (χ2n) is 29.1. The molecule has 20 nitrogen and oxygen atoms in total. The van der Waals surface area contributed by atoms with Crippen LogP contribution in [0.25, 0.3) is 0 Å². The van der Waals surface area contributed by atoms with Gasteiger partial charge in [0.15, 0.2) is 0 Å². The van der Waals surface area contributed by atoms with Crippen LogP contribution in [-0.2, 0) is 18.8 Å². The number of hydrogen-bond acceptors (Lipinski definition) is 20. The maximum atomic E-state index is 12.7.